The van der Waals surface area contributed by atoms with Gasteiger partial charge >= 0.3 is 18.1 Å². The lowest BCUT2D eigenvalue weighted by Gasteiger charge is -2.43. The third-order valence-corrected chi connectivity index (χ3v) is 8.05. The number of carbonyl (C=O) groups is 4. The van der Waals surface area contributed by atoms with Crippen LogP contribution in [0.25, 0.3) is 0 Å². The molecule has 2 heterocycles. The zero-order valence-electron chi connectivity index (χ0n) is 25.5. The maximum absolute atomic E-state index is 13.3. The van der Waals surface area contributed by atoms with E-state index in [0.717, 1.165) is 36.1 Å². The number of amides is 4. The number of urea groups is 1. The van der Waals surface area contributed by atoms with Crippen molar-refractivity contribution in [2.45, 2.75) is 90.4 Å². The highest BCUT2D eigenvalue weighted by molar-refractivity contribution is 6.07. The molecule has 4 amide bonds. The molecule has 4 rings (SSSR count). The Morgan fingerprint density at radius 2 is 1.77 bits per heavy atom. The molecule has 232 valence electrons. The molecule has 3 atom stereocenters. The minimum atomic E-state index is -1.29. The molecule has 1 aromatic carbocycles. The normalized spacial score (nSPS) is 19.7. The molecule has 43 heavy (non-hydrogen) atoms. The Morgan fingerprint density at radius 1 is 1.09 bits per heavy atom. The van der Waals surface area contributed by atoms with Crippen LogP contribution in [-0.4, -0.2) is 63.8 Å². The van der Waals surface area contributed by atoms with Gasteiger partial charge < -0.3 is 19.9 Å². The lowest BCUT2D eigenvalue weighted by Crippen LogP contribution is -2.69. The van der Waals surface area contributed by atoms with Crippen LogP contribution in [0.5, 0.6) is 5.75 Å². The molecule has 1 aromatic heterocycles. The Balaban J connectivity index is 1.50. The van der Waals surface area contributed by atoms with Crippen LogP contribution in [0, 0.1) is 11.8 Å². The Kier molecular flexibility index (Phi) is 9.93. The zero-order valence-corrected chi connectivity index (χ0v) is 25.5. The number of pyridine rings is 1. The van der Waals surface area contributed by atoms with E-state index in [1.165, 1.54) is 17.5 Å². The molecule has 11 nitrogen and oxygen atoms in total. The van der Waals surface area contributed by atoms with Crippen LogP contribution in [0.1, 0.15) is 70.9 Å². The van der Waals surface area contributed by atoms with Crippen molar-refractivity contribution in [1.82, 2.24) is 15.2 Å². The van der Waals surface area contributed by atoms with Gasteiger partial charge in [-0.2, -0.15) is 0 Å². The molecule has 0 unspecified atom stereocenters. The fourth-order valence-electron chi connectivity index (χ4n) is 5.73. The maximum Gasteiger partial charge on any atom is 0.416 e. The summed E-state index contributed by atoms with van der Waals surface area (Å²) in [6.07, 6.45) is 6.36. The lowest BCUT2D eigenvalue weighted by atomic mass is 9.82. The number of hydrogen-bond acceptors (Lipinski definition) is 7. The number of carboxylic acids is 1. The zero-order chi connectivity index (χ0) is 31.3. The summed E-state index contributed by atoms with van der Waals surface area (Å²) in [5.41, 5.74) is 0.662. The largest absolute Gasteiger partial charge is 0.497 e. The lowest BCUT2D eigenvalue weighted by molar-refractivity contribution is -0.165. The van der Waals surface area contributed by atoms with Gasteiger partial charge in [-0.05, 0) is 88.3 Å². The molecule has 1 aliphatic carbocycles. The molecule has 0 bridgehead atoms. The van der Waals surface area contributed by atoms with Crippen LogP contribution in [-0.2, 0) is 27.3 Å². The van der Waals surface area contributed by atoms with E-state index in [4.69, 9.17) is 9.47 Å². The molecule has 0 radical (unpaired) electrons. The first-order valence-electron chi connectivity index (χ1n) is 14.8. The smallest absolute Gasteiger partial charge is 0.416 e. The monoisotopic (exact) mass is 594 g/mol. The first-order chi connectivity index (χ1) is 20.4. The van der Waals surface area contributed by atoms with E-state index in [9.17, 15) is 24.3 Å². The summed E-state index contributed by atoms with van der Waals surface area (Å²) in [5, 5.41) is 12.8. The Morgan fingerprint density at radius 3 is 2.37 bits per heavy atom. The predicted octanol–water partition coefficient (Wildman–Crippen LogP) is 5.16. The predicted molar refractivity (Wildman–Crippen MR) is 160 cm³/mol. The number of nitrogens with one attached hydrogen (secondary N) is 1. The summed E-state index contributed by atoms with van der Waals surface area (Å²) in [4.78, 5) is 58.2. The average Bonchev–Trinajstić information content (AvgIpc) is 2.96. The molecule has 2 fully saturated rings. The average molecular weight is 595 g/mol. The van der Waals surface area contributed by atoms with Crippen LogP contribution in [0.15, 0.2) is 42.6 Å². The van der Waals surface area contributed by atoms with Crippen LogP contribution in [0.2, 0.25) is 0 Å². The fraction of sp³-hybridized carbons (Fsp3) is 0.531. The van der Waals surface area contributed by atoms with Crippen molar-refractivity contribution < 1.29 is 33.8 Å². The maximum atomic E-state index is 13.3. The number of β-lactam (4-membered cyclic amide) rings is 1. The van der Waals surface area contributed by atoms with Crippen LogP contribution >= 0.6 is 0 Å². The van der Waals surface area contributed by atoms with Gasteiger partial charge in [0, 0.05) is 12.2 Å². The van der Waals surface area contributed by atoms with Crippen LogP contribution in [0.3, 0.4) is 0 Å². The molecule has 2 aromatic rings. The summed E-state index contributed by atoms with van der Waals surface area (Å²) in [6.45, 7) is 7.37. The number of nitrogens with zero attached hydrogens (tertiary/aromatic N) is 3. The number of ether oxygens (including phenoxy) is 2. The minimum absolute atomic E-state index is 0.0674. The summed E-state index contributed by atoms with van der Waals surface area (Å²) in [7, 11) is 1.57. The molecular weight excluding hydrogens is 552 g/mol. The van der Waals surface area contributed by atoms with Gasteiger partial charge in [0.05, 0.1) is 19.6 Å². The Bertz CT molecular complexity index is 1320. The number of methoxy groups -OCH3 is 1. The molecule has 0 spiro atoms. The van der Waals surface area contributed by atoms with Crippen molar-refractivity contribution in [3.8, 4) is 5.75 Å². The fourth-order valence-corrected chi connectivity index (χ4v) is 5.73. The van der Waals surface area contributed by atoms with Crippen molar-refractivity contribution in [1.29, 1.82) is 0 Å². The molecule has 11 heteroatoms. The van der Waals surface area contributed by atoms with E-state index < -0.39 is 41.6 Å². The highest BCUT2D eigenvalue weighted by Crippen LogP contribution is 2.33. The van der Waals surface area contributed by atoms with Gasteiger partial charge in [0.25, 0.3) is 0 Å². The van der Waals surface area contributed by atoms with Crippen molar-refractivity contribution in [3.05, 3.63) is 53.7 Å². The van der Waals surface area contributed by atoms with E-state index in [0.29, 0.717) is 17.2 Å². The van der Waals surface area contributed by atoms with Crippen molar-refractivity contribution >= 4 is 29.8 Å². The second-order valence-electron chi connectivity index (χ2n) is 12.4. The number of aromatic nitrogens is 1. The van der Waals surface area contributed by atoms with Gasteiger partial charge in [0.15, 0.2) is 6.04 Å². The standard InChI is InChI=1S/C32H42N4O7/c1-20(23-9-7-6-8-10-23)34-30(40)36-27(29(38)39)25(28(36)37)17-22-15-16-33-26(18-22)35(31(41)43-32(2,3)4)19-21-11-13-24(42-5)14-12-21/h11-16,18,20,23,25,27H,6-10,17,19H2,1-5H3,(H,34,40)(H,38,39)/t20-,25-,27+/m1/s1. The number of carbonyl (C=O) groups excluding carboxylic acids is 3. The van der Waals surface area contributed by atoms with E-state index in [1.807, 2.05) is 19.1 Å². The van der Waals surface area contributed by atoms with E-state index in [2.05, 4.69) is 10.3 Å². The molecule has 1 aliphatic heterocycles. The van der Waals surface area contributed by atoms with Gasteiger partial charge in [0.1, 0.15) is 17.2 Å². The quantitative estimate of drug-likeness (QED) is 0.380. The summed E-state index contributed by atoms with van der Waals surface area (Å²) in [6, 6.07) is 8.45. The number of hydrogen-bond donors (Lipinski definition) is 2. The minimum Gasteiger partial charge on any atom is -0.497 e. The number of anilines is 1. The Labute approximate surface area is 252 Å². The van der Waals surface area contributed by atoms with Crippen LogP contribution < -0.4 is 15.0 Å². The van der Waals surface area contributed by atoms with Crippen molar-refractivity contribution in [3.63, 3.8) is 0 Å². The third kappa shape index (κ3) is 7.82. The molecule has 1 saturated heterocycles. The van der Waals surface area contributed by atoms with E-state index in [-0.39, 0.29) is 24.8 Å². The summed E-state index contributed by atoms with van der Waals surface area (Å²) < 4.78 is 10.9. The van der Waals surface area contributed by atoms with Gasteiger partial charge in [-0.25, -0.2) is 24.3 Å². The number of rotatable bonds is 9. The summed E-state index contributed by atoms with van der Waals surface area (Å²) >= 11 is 0. The topological polar surface area (TPSA) is 138 Å². The van der Waals surface area contributed by atoms with Gasteiger partial charge in [-0.1, -0.05) is 31.4 Å². The first-order valence-corrected chi connectivity index (χ1v) is 14.8. The van der Waals surface area contributed by atoms with E-state index >= 15 is 0 Å². The van der Waals surface area contributed by atoms with Crippen molar-refractivity contribution in [2.24, 2.45) is 11.8 Å². The first kappa shape index (κ1) is 31.8. The molecule has 1 saturated carbocycles. The van der Waals surface area contributed by atoms with Gasteiger partial charge in [-0.15, -0.1) is 0 Å². The Hall–Kier alpha value is -4.15. The second kappa shape index (κ2) is 13.4. The van der Waals surface area contributed by atoms with Gasteiger partial charge in [-0.3, -0.25) is 9.69 Å². The number of imide groups is 1. The molecular formula is C32H42N4O7. The highest BCUT2D eigenvalue weighted by atomic mass is 16.6. The molecule has 2 aliphatic rings. The number of aliphatic carboxylic acids is 1. The number of carboxylic acid groups (broad SMARTS) is 1. The van der Waals surface area contributed by atoms with Crippen LogP contribution in [0.4, 0.5) is 15.4 Å². The summed E-state index contributed by atoms with van der Waals surface area (Å²) in [5.74, 6) is -1.43. The van der Waals surface area contributed by atoms with Gasteiger partial charge in [0.2, 0.25) is 5.91 Å². The second-order valence-corrected chi connectivity index (χ2v) is 12.4. The van der Waals surface area contributed by atoms with Crippen molar-refractivity contribution in [2.75, 3.05) is 12.0 Å². The third-order valence-electron chi connectivity index (χ3n) is 8.05. The number of benzene rings is 1. The molecule has 2 N–H and O–H groups in total. The SMILES string of the molecule is COc1ccc(CN(C(=O)OC(C)(C)C)c2cc(C[C@H]3C(=O)N(C(=O)N[C@H](C)C4CCCCC4)[C@@H]3C(=O)O)ccn2)cc1. The van der Waals surface area contributed by atoms with E-state index in [1.54, 1.807) is 52.1 Å². The number of likely N-dealkylation sites (tertiary alicyclic amines) is 1. The highest BCUT2D eigenvalue weighted by Gasteiger charge is 2.55.